The number of halogens is 1. The second kappa shape index (κ2) is 8.33. The Bertz CT molecular complexity index is 616. The highest BCUT2D eigenvalue weighted by atomic mass is 35.5. The molecule has 1 saturated heterocycles. The molecule has 0 radical (unpaired) electrons. The lowest BCUT2D eigenvalue weighted by Crippen LogP contribution is -3.16. The summed E-state index contributed by atoms with van der Waals surface area (Å²) in [4.78, 5) is 7.03. The molecule has 1 aromatic carbocycles. The molecule has 6 heteroatoms. The number of H-pyrrole nitrogens is 1. The first-order chi connectivity index (χ1) is 11.7. The molecule has 0 unspecified atom stereocenters. The summed E-state index contributed by atoms with van der Waals surface area (Å²) in [7, 11) is 0. The minimum Gasteiger partial charge on any atom is -0.491 e. The number of aromatic amines is 1. The Hall–Kier alpha value is -1.82. The van der Waals surface area contributed by atoms with Gasteiger partial charge in [0.2, 0.25) is 0 Å². The number of aliphatic hydroxyl groups excluding tert-OH is 1. The van der Waals surface area contributed by atoms with Crippen LogP contribution in [0.4, 0.5) is 5.82 Å². The van der Waals surface area contributed by atoms with Gasteiger partial charge < -0.3 is 14.7 Å². The molecule has 1 aliphatic heterocycles. The summed E-state index contributed by atoms with van der Waals surface area (Å²) >= 11 is 5.84. The average Bonchev–Trinajstić information content (AvgIpc) is 2.63. The third-order valence-electron chi connectivity index (χ3n) is 4.28. The van der Waals surface area contributed by atoms with Gasteiger partial charge in [0.15, 0.2) is 0 Å². The molecule has 3 N–H and O–H groups in total. The monoisotopic (exact) mass is 349 g/mol. The van der Waals surface area contributed by atoms with Crippen molar-refractivity contribution in [3.63, 3.8) is 0 Å². The van der Waals surface area contributed by atoms with E-state index in [0.717, 1.165) is 37.7 Å². The maximum absolute atomic E-state index is 10.2. The standard InChI is InChI=1S/C18H22ClN3O2/c19-15-4-6-17(7-5-15)24-14-16(23)13-21-9-11-22(12-10-21)18-3-1-2-8-20-18/h1-8,16,23H,9-14H2/p+2/t16-/m1/s1. The molecule has 1 aliphatic rings. The van der Waals surface area contributed by atoms with Gasteiger partial charge in [-0.15, -0.1) is 0 Å². The van der Waals surface area contributed by atoms with Crippen LogP contribution in [-0.4, -0.2) is 50.5 Å². The predicted octanol–water partition coefficient (Wildman–Crippen LogP) is 0.299. The van der Waals surface area contributed by atoms with E-state index in [1.54, 1.807) is 12.1 Å². The molecule has 5 nitrogen and oxygen atoms in total. The highest BCUT2D eigenvalue weighted by Gasteiger charge is 2.27. The largest absolute Gasteiger partial charge is 0.491 e. The fourth-order valence-electron chi connectivity index (χ4n) is 2.96. The summed E-state index contributed by atoms with van der Waals surface area (Å²) in [6.45, 7) is 5.02. The van der Waals surface area contributed by atoms with Gasteiger partial charge >= 0.3 is 0 Å². The summed E-state index contributed by atoms with van der Waals surface area (Å²) in [6, 6.07) is 13.3. The van der Waals surface area contributed by atoms with Crippen molar-refractivity contribution in [1.29, 1.82) is 0 Å². The number of benzene rings is 1. The topological polar surface area (TPSA) is 51.3 Å². The number of pyridine rings is 1. The summed E-state index contributed by atoms with van der Waals surface area (Å²) in [5, 5.41) is 10.9. The van der Waals surface area contributed by atoms with Crippen molar-refractivity contribution in [2.75, 3.05) is 44.2 Å². The lowest BCUT2D eigenvalue weighted by atomic mass is 10.2. The van der Waals surface area contributed by atoms with Crippen LogP contribution >= 0.6 is 11.6 Å². The summed E-state index contributed by atoms with van der Waals surface area (Å²) in [6.07, 6.45) is 1.48. The van der Waals surface area contributed by atoms with E-state index in [4.69, 9.17) is 16.3 Å². The molecule has 0 amide bonds. The minimum atomic E-state index is -0.467. The van der Waals surface area contributed by atoms with Crippen molar-refractivity contribution in [3.8, 4) is 5.75 Å². The van der Waals surface area contributed by atoms with Gasteiger partial charge in [0.05, 0.1) is 6.20 Å². The zero-order chi connectivity index (χ0) is 16.8. The van der Waals surface area contributed by atoms with Gasteiger partial charge in [-0.25, -0.2) is 4.98 Å². The van der Waals surface area contributed by atoms with Gasteiger partial charge in [0, 0.05) is 11.1 Å². The van der Waals surface area contributed by atoms with Crippen LogP contribution in [0.3, 0.4) is 0 Å². The van der Waals surface area contributed by atoms with E-state index >= 15 is 0 Å². The predicted molar refractivity (Wildman–Crippen MR) is 93.7 cm³/mol. The maximum Gasteiger partial charge on any atom is 0.274 e. The summed E-state index contributed by atoms with van der Waals surface area (Å²) in [5.74, 6) is 1.89. The third-order valence-corrected chi connectivity index (χ3v) is 4.54. The molecule has 128 valence electrons. The smallest absolute Gasteiger partial charge is 0.274 e. The molecular weight excluding hydrogens is 326 g/mol. The highest BCUT2D eigenvalue weighted by Crippen LogP contribution is 2.15. The number of quaternary nitrogens is 1. The van der Waals surface area contributed by atoms with Crippen LogP contribution in [0.1, 0.15) is 0 Å². The lowest BCUT2D eigenvalue weighted by Gasteiger charge is -2.29. The molecule has 0 spiro atoms. The Morgan fingerprint density at radius 1 is 1.17 bits per heavy atom. The van der Waals surface area contributed by atoms with Crippen LogP contribution in [-0.2, 0) is 0 Å². The molecule has 2 heterocycles. The lowest BCUT2D eigenvalue weighted by molar-refractivity contribution is -0.903. The first-order valence-corrected chi connectivity index (χ1v) is 8.70. The van der Waals surface area contributed by atoms with E-state index in [9.17, 15) is 5.11 Å². The van der Waals surface area contributed by atoms with E-state index in [1.807, 2.05) is 30.5 Å². The first-order valence-electron chi connectivity index (χ1n) is 8.32. The number of rotatable bonds is 6. The van der Waals surface area contributed by atoms with Crippen LogP contribution in [0.2, 0.25) is 5.02 Å². The second-order valence-electron chi connectivity index (χ2n) is 6.11. The first kappa shape index (κ1) is 17.0. The normalized spacial score (nSPS) is 16.8. The molecule has 1 atom stereocenters. The zero-order valence-electron chi connectivity index (χ0n) is 13.6. The molecule has 0 aliphatic carbocycles. The zero-order valence-corrected chi connectivity index (χ0v) is 14.4. The quantitative estimate of drug-likeness (QED) is 0.788. The number of nitrogens with one attached hydrogen (secondary N) is 2. The number of piperazine rings is 1. The van der Waals surface area contributed by atoms with Gasteiger partial charge in [0.25, 0.3) is 5.82 Å². The number of hydrogen-bond acceptors (Lipinski definition) is 3. The van der Waals surface area contributed by atoms with E-state index in [-0.39, 0.29) is 0 Å². The van der Waals surface area contributed by atoms with Gasteiger partial charge in [-0.2, -0.15) is 0 Å². The molecule has 0 saturated carbocycles. The van der Waals surface area contributed by atoms with Crippen molar-refractivity contribution in [1.82, 2.24) is 0 Å². The van der Waals surface area contributed by atoms with Gasteiger partial charge in [-0.05, 0) is 30.3 Å². The average molecular weight is 350 g/mol. The summed E-state index contributed by atoms with van der Waals surface area (Å²) < 4.78 is 5.62. The van der Waals surface area contributed by atoms with Gasteiger partial charge in [-0.3, -0.25) is 4.90 Å². The van der Waals surface area contributed by atoms with E-state index < -0.39 is 6.10 Å². The molecular formula is C18H24ClN3O2+2. The van der Waals surface area contributed by atoms with Crippen molar-refractivity contribution in [2.24, 2.45) is 0 Å². The number of aliphatic hydroxyl groups is 1. The third kappa shape index (κ3) is 4.84. The van der Waals surface area contributed by atoms with E-state index in [1.165, 1.54) is 4.90 Å². The number of anilines is 1. The molecule has 2 aromatic rings. The van der Waals surface area contributed by atoms with Crippen molar-refractivity contribution >= 4 is 17.4 Å². The fraction of sp³-hybridized carbons (Fsp3) is 0.389. The molecule has 1 aromatic heterocycles. The number of ether oxygens (including phenoxy) is 1. The Kier molecular flexibility index (Phi) is 5.91. The summed E-state index contributed by atoms with van der Waals surface area (Å²) in [5.41, 5.74) is 0. The molecule has 24 heavy (non-hydrogen) atoms. The second-order valence-corrected chi connectivity index (χ2v) is 6.54. The number of nitrogens with zero attached hydrogens (tertiary/aromatic N) is 1. The van der Waals surface area contributed by atoms with Gasteiger partial charge in [-0.1, -0.05) is 17.7 Å². The van der Waals surface area contributed by atoms with Crippen molar-refractivity contribution in [3.05, 3.63) is 53.7 Å². The van der Waals surface area contributed by atoms with Crippen LogP contribution < -0.4 is 19.5 Å². The number of hydrogen-bond donors (Lipinski definition) is 2. The molecule has 0 bridgehead atoms. The van der Waals surface area contributed by atoms with Crippen LogP contribution in [0.15, 0.2) is 48.7 Å². The SMILES string of the molecule is O[C@@H](COc1ccc(Cl)cc1)C[NH+]1CCN(c2cccc[nH+]2)CC1. The Morgan fingerprint density at radius 3 is 2.58 bits per heavy atom. The van der Waals surface area contributed by atoms with Crippen LogP contribution in [0.5, 0.6) is 5.75 Å². The Balaban J connectivity index is 1.40. The Labute approximate surface area is 147 Å². The minimum absolute atomic E-state index is 0.307. The van der Waals surface area contributed by atoms with Crippen molar-refractivity contribution in [2.45, 2.75) is 6.10 Å². The molecule has 3 rings (SSSR count). The molecule has 1 fully saturated rings. The Morgan fingerprint density at radius 2 is 1.92 bits per heavy atom. The number of aromatic nitrogens is 1. The van der Waals surface area contributed by atoms with Crippen LogP contribution in [0.25, 0.3) is 0 Å². The highest BCUT2D eigenvalue weighted by molar-refractivity contribution is 6.30. The maximum atomic E-state index is 10.2. The van der Waals surface area contributed by atoms with Crippen LogP contribution in [0, 0.1) is 0 Å². The van der Waals surface area contributed by atoms with Gasteiger partial charge in [0.1, 0.15) is 51.2 Å². The fourth-order valence-corrected chi connectivity index (χ4v) is 3.09. The van der Waals surface area contributed by atoms with Crippen molar-refractivity contribution < 1.29 is 19.7 Å². The van der Waals surface area contributed by atoms with E-state index in [0.29, 0.717) is 18.2 Å². The van der Waals surface area contributed by atoms with E-state index in [2.05, 4.69) is 16.0 Å².